The highest BCUT2D eigenvalue weighted by molar-refractivity contribution is 5.27. The molecule has 1 fully saturated rings. The summed E-state index contributed by atoms with van der Waals surface area (Å²) in [7, 11) is 1.77. The highest BCUT2D eigenvalue weighted by Gasteiger charge is 2.43. The zero-order valence-corrected chi connectivity index (χ0v) is 9.49. The van der Waals surface area contributed by atoms with Crippen molar-refractivity contribution in [3.05, 3.63) is 35.4 Å². The van der Waals surface area contributed by atoms with Crippen LogP contribution in [-0.4, -0.2) is 12.7 Å². The van der Waals surface area contributed by atoms with Crippen LogP contribution in [0.4, 0.5) is 0 Å². The maximum absolute atomic E-state index is 6.29. The molecule has 0 aromatic heterocycles. The van der Waals surface area contributed by atoms with Crippen LogP contribution in [0.3, 0.4) is 0 Å². The third-order valence-electron chi connectivity index (χ3n) is 3.57. The summed E-state index contributed by atoms with van der Waals surface area (Å²) in [5, 5.41) is 0. The lowest BCUT2D eigenvalue weighted by Crippen LogP contribution is -2.48. The van der Waals surface area contributed by atoms with Crippen LogP contribution < -0.4 is 5.73 Å². The summed E-state index contributed by atoms with van der Waals surface area (Å²) in [5.41, 5.74) is 8.64. The Morgan fingerprint density at radius 2 is 2.13 bits per heavy atom. The second-order valence-corrected chi connectivity index (χ2v) is 4.51. The van der Waals surface area contributed by atoms with Gasteiger partial charge in [-0.3, -0.25) is 0 Å². The average molecular weight is 205 g/mol. The molecule has 1 saturated carbocycles. The van der Waals surface area contributed by atoms with E-state index >= 15 is 0 Å². The van der Waals surface area contributed by atoms with E-state index in [0.29, 0.717) is 0 Å². The summed E-state index contributed by atoms with van der Waals surface area (Å²) in [6.07, 6.45) is 3.39. The Labute approximate surface area is 91.4 Å². The highest BCUT2D eigenvalue weighted by Crippen LogP contribution is 2.43. The standard InChI is InChI=1S/C13H19NO/c1-10-5-3-6-11(9-10)12(14)13(15-2)7-4-8-13/h3,5-6,9,12H,4,7-8,14H2,1-2H3. The van der Waals surface area contributed by atoms with Gasteiger partial charge in [-0.05, 0) is 31.7 Å². The number of hydrogen-bond donors (Lipinski definition) is 1. The number of nitrogens with two attached hydrogens (primary N) is 1. The molecular weight excluding hydrogens is 186 g/mol. The van der Waals surface area contributed by atoms with Gasteiger partial charge in [-0.15, -0.1) is 0 Å². The Morgan fingerprint density at radius 1 is 1.40 bits per heavy atom. The van der Waals surface area contributed by atoms with Crippen molar-refractivity contribution in [3.8, 4) is 0 Å². The van der Waals surface area contributed by atoms with E-state index in [2.05, 4.69) is 31.2 Å². The monoisotopic (exact) mass is 205 g/mol. The van der Waals surface area contributed by atoms with Crippen molar-refractivity contribution in [1.29, 1.82) is 0 Å². The van der Waals surface area contributed by atoms with E-state index in [-0.39, 0.29) is 11.6 Å². The van der Waals surface area contributed by atoms with E-state index in [1.54, 1.807) is 7.11 Å². The van der Waals surface area contributed by atoms with Crippen molar-refractivity contribution in [2.24, 2.45) is 5.73 Å². The predicted octanol–water partition coefficient (Wildman–Crippen LogP) is 2.56. The molecule has 15 heavy (non-hydrogen) atoms. The van der Waals surface area contributed by atoms with Gasteiger partial charge < -0.3 is 10.5 Å². The molecule has 0 spiro atoms. The predicted molar refractivity (Wildman–Crippen MR) is 61.7 cm³/mol. The second-order valence-electron chi connectivity index (χ2n) is 4.51. The first-order valence-electron chi connectivity index (χ1n) is 5.55. The lowest BCUT2D eigenvalue weighted by Gasteiger charge is -2.45. The normalized spacial score (nSPS) is 20.7. The fraction of sp³-hybridized carbons (Fsp3) is 0.538. The zero-order chi connectivity index (χ0) is 10.9. The van der Waals surface area contributed by atoms with Gasteiger partial charge in [0.15, 0.2) is 0 Å². The number of rotatable bonds is 3. The fourth-order valence-electron chi connectivity index (χ4n) is 2.33. The average Bonchev–Trinajstić information content (AvgIpc) is 2.17. The Kier molecular flexibility index (Phi) is 2.81. The molecule has 1 aliphatic carbocycles. The first-order valence-corrected chi connectivity index (χ1v) is 5.55. The number of hydrogen-bond acceptors (Lipinski definition) is 2. The molecule has 2 N–H and O–H groups in total. The van der Waals surface area contributed by atoms with Crippen molar-refractivity contribution in [2.75, 3.05) is 7.11 Å². The van der Waals surface area contributed by atoms with E-state index in [4.69, 9.17) is 10.5 Å². The van der Waals surface area contributed by atoms with Crippen molar-refractivity contribution >= 4 is 0 Å². The maximum Gasteiger partial charge on any atom is 0.0870 e. The molecule has 82 valence electrons. The van der Waals surface area contributed by atoms with Crippen LogP contribution in [0.15, 0.2) is 24.3 Å². The fourth-order valence-corrected chi connectivity index (χ4v) is 2.33. The molecule has 2 heteroatoms. The summed E-state index contributed by atoms with van der Waals surface area (Å²) in [4.78, 5) is 0. The summed E-state index contributed by atoms with van der Waals surface area (Å²) in [5.74, 6) is 0. The minimum Gasteiger partial charge on any atom is -0.376 e. The van der Waals surface area contributed by atoms with E-state index < -0.39 is 0 Å². The van der Waals surface area contributed by atoms with E-state index in [0.717, 1.165) is 12.8 Å². The van der Waals surface area contributed by atoms with Gasteiger partial charge in [-0.2, -0.15) is 0 Å². The first-order chi connectivity index (χ1) is 7.18. The minimum absolute atomic E-state index is 0.0103. The van der Waals surface area contributed by atoms with Crippen molar-refractivity contribution in [2.45, 2.75) is 37.8 Å². The molecule has 1 aromatic carbocycles. The topological polar surface area (TPSA) is 35.2 Å². The Morgan fingerprint density at radius 3 is 2.60 bits per heavy atom. The van der Waals surface area contributed by atoms with Gasteiger partial charge in [-0.25, -0.2) is 0 Å². The van der Waals surface area contributed by atoms with Crippen LogP contribution in [0.5, 0.6) is 0 Å². The molecule has 0 saturated heterocycles. The van der Waals surface area contributed by atoms with Crippen LogP contribution in [0, 0.1) is 6.92 Å². The van der Waals surface area contributed by atoms with Gasteiger partial charge in [0.2, 0.25) is 0 Å². The van der Waals surface area contributed by atoms with E-state index in [1.165, 1.54) is 17.5 Å². The summed E-state index contributed by atoms with van der Waals surface area (Å²) in [6.45, 7) is 2.09. The van der Waals surface area contributed by atoms with Crippen LogP contribution in [0.25, 0.3) is 0 Å². The van der Waals surface area contributed by atoms with Gasteiger partial charge in [0.1, 0.15) is 0 Å². The SMILES string of the molecule is COC1(C(N)c2cccc(C)c2)CCC1. The summed E-state index contributed by atoms with van der Waals surface area (Å²) in [6, 6.07) is 8.42. The smallest absolute Gasteiger partial charge is 0.0870 e. The molecule has 1 unspecified atom stereocenters. The number of ether oxygens (including phenoxy) is 1. The third kappa shape index (κ3) is 1.80. The molecule has 0 bridgehead atoms. The molecule has 0 amide bonds. The van der Waals surface area contributed by atoms with Crippen LogP contribution in [0.2, 0.25) is 0 Å². The highest BCUT2D eigenvalue weighted by atomic mass is 16.5. The Balaban J connectivity index is 2.23. The Hall–Kier alpha value is -0.860. The number of aryl methyl sites for hydroxylation is 1. The number of methoxy groups -OCH3 is 1. The molecule has 0 aliphatic heterocycles. The summed E-state index contributed by atoms with van der Waals surface area (Å²) < 4.78 is 5.60. The van der Waals surface area contributed by atoms with Crippen molar-refractivity contribution < 1.29 is 4.74 Å². The third-order valence-corrected chi connectivity index (χ3v) is 3.57. The largest absolute Gasteiger partial charge is 0.376 e. The quantitative estimate of drug-likeness (QED) is 0.823. The second kappa shape index (κ2) is 3.95. The van der Waals surface area contributed by atoms with Gasteiger partial charge in [0.05, 0.1) is 11.6 Å². The molecule has 2 nitrogen and oxygen atoms in total. The van der Waals surface area contributed by atoms with Gasteiger partial charge in [-0.1, -0.05) is 29.8 Å². The first kappa shape index (κ1) is 10.7. The number of benzene rings is 1. The molecule has 0 radical (unpaired) electrons. The van der Waals surface area contributed by atoms with Crippen LogP contribution >= 0.6 is 0 Å². The van der Waals surface area contributed by atoms with Gasteiger partial charge >= 0.3 is 0 Å². The van der Waals surface area contributed by atoms with Crippen LogP contribution in [-0.2, 0) is 4.74 Å². The van der Waals surface area contributed by atoms with Gasteiger partial charge in [0.25, 0.3) is 0 Å². The summed E-state index contributed by atoms with van der Waals surface area (Å²) >= 11 is 0. The maximum atomic E-state index is 6.29. The zero-order valence-electron chi connectivity index (χ0n) is 9.49. The molecular formula is C13H19NO. The molecule has 1 atom stereocenters. The lowest BCUT2D eigenvalue weighted by atomic mass is 9.72. The van der Waals surface area contributed by atoms with Crippen molar-refractivity contribution in [3.63, 3.8) is 0 Å². The molecule has 2 rings (SSSR count). The van der Waals surface area contributed by atoms with E-state index in [1.807, 2.05) is 0 Å². The lowest BCUT2D eigenvalue weighted by molar-refractivity contribution is -0.0911. The molecule has 1 aromatic rings. The van der Waals surface area contributed by atoms with E-state index in [9.17, 15) is 0 Å². The minimum atomic E-state index is -0.103. The Bertz CT molecular complexity index is 339. The molecule has 1 aliphatic rings. The van der Waals surface area contributed by atoms with Gasteiger partial charge in [0, 0.05) is 7.11 Å². The van der Waals surface area contributed by atoms with Crippen LogP contribution in [0.1, 0.15) is 36.4 Å². The molecule has 0 heterocycles. The van der Waals surface area contributed by atoms with Crippen molar-refractivity contribution in [1.82, 2.24) is 0 Å².